The fraction of sp³-hybridized carbons (Fsp3) is 0.375. The van der Waals surface area contributed by atoms with Gasteiger partial charge in [0.1, 0.15) is 5.56 Å². The van der Waals surface area contributed by atoms with Crippen LogP contribution in [0.4, 0.5) is 0 Å². The van der Waals surface area contributed by atoms with Crippen molar-refractivity contribution >= 4 is 6.29 Å². The van der Waals surface area contributed by atoms with E-state index < -0.39 is 11.2 Å². The number of rotatable bonds is 2. The van der Waals surface area contributed by atoms with Gasteiger partial charge in [-0.25, -0.2) is 4.79 Å². The Morgan fingerprint density at radius 2 is 1.79 bits per heavy atom. The molecule has 0 fully saturated rings. The van der Waals surface area contributed by atoms with Gasteiger partial charge in [0.2, 0.25) is 5.88 Å². The summed E-state index contributed by atoms with van der Waals surface area (Å²) in [5, 5.41) is 0. The van der Waals surface area contributed by atoms with E-state index in [4.69, 9.17) is 4.74 Å². The zero-order valence-corrected chi connectivity index (χ0v) is 8.10. The standard InChI is InChI=1S/C8H10N2O4/c1-9-6(12)5(4-11)7(14-3)10(2)8(9)13/h4H,1-3H3. The smallest absolute Gasteiger partial charge is 0.333 e. The lowest BCUT2D eigenvalue weighted by molar-refractivity contribution is 0.111. The van der Waals surface area contributed by atoms with Gasteiger partial charge in [-0.1, -0.05) is 0 Å². The Morgan fingerprint density at radius 3 is 2.21 bits per heavy atom. The van der Waals surface area contributed by atoms with Crippen molar-refractivity contribution in [3.63, 3.8) is 0 Å². The minimum Gasteiger partial charge on any atom is -0.481 e. The summed E-state index contributed by atoms with van der Waals surface area (Å²) in [6, 6.07) is 0. The second-order valence-corrected chi connectivity index (χ2v) is 2.75. The largest absolute Gasteiger partial charge is 0.481 e. The van der Waals surface area contributed by atoms with E-state index in [-0.39, 0.29) is 11.4 Å². The number of ether oxygens (including phenoxy) is 1. The van der Waals surface area contributed by atoms with Gasteiger partial charge in [-0.2, -0.15) is 0 Å². The Bertz CT molecular complexity index is 483. The van der Waals surface area contributed by atoms with Crippen molar-refractivity contribution in [2.24, 2.45) is 14.1 Å². The molecule has 1 rings (SSSR count). The minimum atomic E-state index is -0.653. The molecule has 0 atom stereocenters. The Balaban J connectivity index is 3.84. The summed E-state index contributed by atoms with van der Waals surface area (Å²) in [6.07, 6.45) is 0.376. The average molecular weight is 198 g/mol. The van der Waals surface area contributed by atoms with Crippen molar-refractivity contribution in [1.82, 2.24) is 9.13 Å². The van der Waals surface area contributed by atoms with Gasteiger partial charge in [-0.3, -0.25) is 18.7 Å². The summed E-state index contributed by atoms with van der Waals surface area (Å²) in [5.74, 6) is -0.0203. The summed E-state index contributed by atoms with van der Waals surface area (Å²) in [5.41, 5.74) is -1.34. The fourth-order valence-electron chi connectivity index (χ4n) is 1.20. The Morgan fingerprint density at radius 1 is 1.21 bits per heavy atom. The van der Waals surface area contributed by atoms with Gasteiger partial charge < -0.3 is 4.74 Å². The third kappa shape index (κ3) is 1.24. The van der Waals surface area contributed by atoms with E-state index in [1.54, 1.807) is 0 Å². The molecule has 0 radical (unpaired) electrons. The number of nitrogens with zero attached hydrogens (tertiary/aromatic N) is 2. The van der Waals surface area contributed by atoms with Crippen LogP contribution in [0.3, 0.4) is 0 Å². The SMILES string of the molecule is COc1c(C=O)c(=O)n(C)c(=O)n1C. The quantitative estimate of drug-likeness (QED) is 0.566. The van der Waals surface area contributed by atoms with Crippen molar-refractivity contribution in [3.05, 3.63) is 26.4 Å². The highest BCUT2D eigenvalue weighted by atomic mass is 16.5. The highest BCUT2D eigenvalue weighted by Gasteiger charge is 2.14. The Hall–Kier alpha value is -1.85. The Kier molecular flexibility index (Phi) is 2.55. The van der Waals surface area contributed by atoms with E-state index in [0.29, 0.717) is 6.29 Å². The monoisotopic (exact) mass is 198 g/mol. The number of aromatic nitrogens is 2. The van der Waals surface area contributed by atoms with Crippen LogP contribution in [0, 0.1) is 0 Å². The van der Waals surface area contributed by atoms with Crippen molar-refractivity contribution in [2.75, 3.05) is 7.11 Å². The van der Waals surface area contributed by atoms with Crippen LogP contribution in [0.5, 0.6) is 5.88 Å². The lowest BCUT2D eigenvalue weighted by Gasteiger charge is -2.09. The summed E-state index contributed by atoms with van der Waals surface area (Å²) < 4.78 is 6.76. The summed E-state index contributed by atoms with van der Waals surface area (Å²) >= 11 is 0. The molecule has 6 heteroatoms. The normalized spacial score (nSPS) is 9.93. The lowest BCUT2D eigenvalue weighted by atomic mass is 10.3. The number of carbonyl (C=O) groups is 1. The molecule has 0 saturated heterocycles. The second kappa shape index (κ2) is 3.49. The molecule has 0 saturated carbocycles. The second-order valence-electron chi connectivity index (χ2n) is 2.75. The molecule has 76 valence electrons. The highest BCUT2D eigenvalue weighted by Crippen LogP contribution is 2.07. The first-order chi connectivity index (χ1) is 6.54. The van der Waals surface area contributed by atoms with Crippen LogP contribution in [-0.2, 0) is 14.1 Å². The van der Waals surface area contributed by atoms with Gasteiger partial charge in [0.25, 0.3) is 5.56 Å². The molecule has 14 heavy (non-hydrogen) atoms. The van der Waals surface area contributed by atoms with Gasteiger partial charge in [0.15, 0.2) is 6.29 Å². The molecule has 1 heterocycles. The molecular formula is C8H10N2O4. The summed E-state index contributed by atoms with van der Waals surface area (Å²) in [6.45, 7) is 0. The molecule has 6 nitrogen and oxygen atoms in total. The van der Waals surface area contributed by atoms with Crippen molar-refractivity contribution < 1.29 is 9.53 Å². The van der Waals surface area contributed by atoms with Crippen molar-refractivity contribution in [3.8, 4) is 5.88 Å². The van der Waals surface area contributed by atoms with Gasteiger partial charge in [0.05, 0.1) is 7.11 Å². The molecule has 0 unspecified atom stereocenters. The van der Waals surface area contributed by atoms with E-state index in [0.717, 1.165) is 9.13 Å². The maximum Gasteiger partial charge on any atom is 0.333 e. The molecule has 0 aliphatic rings. The predicted molar refractivity (Wildman–Crippen MR) is 48.9 cm³/mol. The van der Waals surface area contributed by atoms with Gasteiger partial charge in [0, 0.05) is 14.1 Å². The fourth-order valence-corrected chi connectivity index (χ4v) is 1.20. The van der Waals surface area contributed by atoms with Gasteiger partial charge in [-0.15, -0.1) is 0 Å². The predicted octanol–water partition coefficient (Wildman–Crippen LogP) is -1.09. The topological polar surface area (TPSA) is 70.3 Å². The van der Waals surface area contributed by atoms with Crippen LogP contribution >= 0.6 is 0 Å². The first kappa shape index (κ1) is 10.2. The lowest BCUT2D eigenvalue weighted by Crippen LogP contribution is -2.39. The number of hydrogen-bond acceptors (Lipinski definition) is 4. The van der Waals surface area contributed by atoms with E-state index in [1.165, 1.54) is 21.2 Å². The van der Waals surface area contributed by atoms with E-state index >= 15 is 0 Å². The van der Waals surface area contributed by atoms with E-state index in [2.05, 4.69) is 0 Å². The molecule has 0 amide bonds. The zero-order valence-electron chi connectivity index (χ0n) is 8.10. The van der Waals surface area contributed by atoms with Crippen LogP contribution < -0.4 is 16.0 Å². The van der Waals surface area contributed by atoms with Crippen LogP contribution in [0.15, 0.2) is 9.59 Å². The van der Waals surface area contributed by atoms with Crippen LogP contribution in [0.25, 0.3) is 0 Å². The van der Waals surface area contributed by atoms with Crippen LogP contribution in [0.1, 0.15) is 10.4 Å². The van der Waals surface area contributed by atoms with Crippen molar-refractivity contribution in [1.29, 1.82) is 0 Å². The maximum absolute atomic E-state index is 11.4. The number of hydrogen-bond donors (Lipinski definition) is 0. The Labute approximate surface area is 79.3 Å². The molecule has 1 aromatic heterocycles. The molecule has 0 N–H and O–H groups in total. The molecule has 0 aliphatic heterocycles. The van der Waals surface area contributed by atoms with Gasteiger partial charge >= 0.3 is 5.69 Å². The first-order valence-corrected chi connectivity index (χ1v) is 3.83. The molecule has 0 spiro atoms. The number of carbonyl (C=O) groups excluding carboxylic acids is 1. The third-order valence-corrected chi connectivity index (χ3v) is 1.96. The molecule has 0 aromatic carbocycles. The third-order valence-electron chi connectivity index (χ3n) is 1.96. The molecule has 0 bridgehead atoms. The van der Waals surface area contributed by atoms with Crippen molar-refractivity contribution in [2.45, 2.75) is 0 Å². The first-order valence-electron chi connectivity index (χ1n) is 3.83. The number of aldehydes is 1. The minimum absolute atomic E-state index is 0.0203. The molecule has 1 aromatic rings. The van der Waals surface area contributed by atoms with E-state index in [9.17, 15) is 14.4 Å². The molecular weight excluding hydrogens is 188 g/mol. The summed E-state index contributed by atoms with van der Waals surface area (Å²) in [7, 11) is 4.02. The maximum atomic E-state index is 11.4. The van der Waals surface area contributed by atoms with Crippen LogP contribution in [0.2, 0.25) is 0 Å². The summed E-state index contributed by atoms with van der Waals surface area (Å²) in [4.78, 5) is 33.4. The van der Waals surface area contributed by atoms with Gasteiger partial charge in [-0.05, 0) is 0 Å². The van der Waals surface area contributed by atoms with Crippen LogP contribution in [-0.4, -0.2) is 22.5 Å². The highest BCUT2D eigenvalue weighted by molar-refractivity contribution is 5.77. The average Bonchev–Trinajstić information content (AvgIpc) is 2.20. The number of methoxy groups -OCH3 is 1. The van der Waals surface area contributed by atoms with E-state index in [1.807, 2.05) is 0 Å². The molecule has 0 aliphatic carbocycles. The zero-order chi connectivity index (χ0) is 10.9.